The molecule has 0 radical (unpaired) electrons. The van der Waals surface area contributed by atoms with Crippen LogP contribution in [0.4, 0.5) is 5.88 Å². The molecule has 0 aliphatic carbocycles. The van der Waals surface area contributed by atoms with Crippen LogP contribution in [-0.2, 0) is 10.2 Å². The van der Waals surface area contributed by atoms with E-state index < -0.39 is 0 Å². The standard InChI is InChI=1S/C17H17ClN4O3S/c1-17(2,3)12-8-14(25-22-12)19-13(23)9-26-16-21-20-15(24-16)10-5-4-6-11(18)7-10/h4-8H,9H2,1-3H3,(H,19,23). The van der Waals surface area contributed by atoms with Crippen LogP contribution in [0.25, 0.3) is 11.5 Å². The van der Waals surface area contributed by atoms with Gasteiger partial charge >= 0.3 is 0 Å². The van der Waals surface area contributed by atoms with Crippen LogP contribution in [0.1, 0.15) is 26.5 Å². The summed E-state index contributed by atoms with van der Waals surface area (Å²) in [6, 6.07) is 8.82. The van der Waals surface area contributed by atoms with Crippen molar-refractivity contribution in [2.45, 2.75) is 31.4 Å². The molecule has 0 fully saturated rings. The summed E-state index contributed by atoms with van der Waals surface area (Å²) in [7, 11) is 0. The molecule has 0 aliphatic heterocycles. The van der Waals surface area contributed by atoms with Gasteiger partial charge in [-0.3, -0.25) is 10.1 Å². The zero-order valence-corrected chi connectivity index (χ0v) is 16.0. The van der Waals surface area contributed by atoms with Crippen molar-refractivity contribution in [1.29, 1.82) is 0 Å². The molecule has 3 rings (SSSR count). The molecule has 2 aromatic heterocycles. The molecule has 0 bridgehead atoms. The molecule has 0 saturated carbocycles. The average Bonchev–Trinajstić information content (AvgIpc) is 3.22. The first-order chi connectivity index (χ1) is 12.3. The second-order valence-corrected chi connectivity index (χ2v) is 7.91. The van der Waals surface area contributed by atoms with Crippen LogP contribution in [0.15, 0.2) is 44.5 Å². The summed E-state index contributed by atoms with van der Waals surface area (Å²) >= 11 is 7.08. The second kappa shape index (κ2) is 7.51. The molecule has 0 atom stereocenters. The van der Waals surface area contributed by atoms with E-state index in [0.717, 1.165) is 23.0 Å². The average molecular weight is 393 g/mol. The van der Waals surface area contributed by atoms with Crippen LogP contribution in [0, 0.1) is 0 Å². The largest absolute Gasteiger partial charge is 0.411 e. The Labute approximate surface area is 159 Å². The van der Waals surface area contributed by atoms with Gasteiger partial charge in [0.2, 0.25) is 17.7 Å². The SMILES string of the molecule is CC(C)(C)c1cc(NC(=O)CSc2nnc(-c3cccc(Cl)c3)o2)on1. The number of nitrogens with one attached hydrogen (secondary N) is 1. The van der Waals surface area contributed by atoms with Crippen LogP contribution >= 0.6 is 23.4 Å². The fourth-order valence-corrected chi connectivity index (χ4v) is 2.75. The molecule has 136 valence electrons. The number of hydrogen-bond acceptors (Lipinski definition) is 7. The van der Waals surface area contributed by atoms with E-state index in [9.17, 15) is 4.79 Å². The van der Waals surface area contributed by atoms with Crippen LogP contribution in [0.5, 0.6) is 0 Å². The minimum absolute atomic E-state index is 0.0999. The van der Waals surface area contributed by atoms with E-state index in [-0.39, 0.29) is 17.1 Å². The van der Waals surface area contributed by atoms with Crippen molar-refractivity contribution < 1.29 is 13.7 Å². The van der Waals surface area contributed by atoms with Gasteiger partial charge in [-0.1, -0.05) is 55.4 Å². The highest BCUT2D eigenvalue weighted by atomic mass is 35.5. The van der Waals surface area contributed by atoms with E-state index in [2.05, 4.69) is 20.7 Å². The van der Waals surface area contributed by atoms with E-state index in [1.165, 1.54) is 0 Å². The van der Waals surface area contributed by atoms with Gasteiger partial charge in [-0.2, -0.15) is 0 Å². The minimum Gasteiger partial charge on any atom is -0.411 e. The van der Waals surface area contributed by atoms with Crippen LogP contribution in [-0.4, -0.2) is 27.0 Å². The predicted molar refractivity (Wildman–Crippen MR) is 99.3 cm³/mol. The predicted octanol–water partition coefficient (Wildman–Crippen LogP) is 4.41. The Balaban J connectivity index is 1.56. The maximum absolute atomic E-state index is 12.0. The zero-order valence-electron chi connectivity index (χ0n) is 14.4. The van der Waals surface area contributed by atoms with Crippen LogP contribution in [0.3, 0.4) is 0 Å². The summed E-state index contributed by atoms with van der Waals surface area (Å²) in [5, 5.41) is 15.4. The first kappa shape index (κ1) is 18.5. The number of aromatic nitrogens is 3. The molecule has 0 spiro atoms. The van der Waals surface area contributed by atoms with E-state index in [1.807, 2.05) is 26.8 Å². The minimum atomic E-state index is -0.255. The van der Waals surface area contributed by atoms with Gasteiger partial charge in [-0.25, -0.2) is 0 Å². The van der Waals surface area contributed by atoms with Crippen LogP contribution in [0.2, 0.25) is 5.02 Å². The fourth-order valence-electron chi connectivity index (χ4n) is 1.99. The van der Waals surface area contributed by atoms with E-state index >= 15 is 0 Å². The van der Waals surface area contributed by atoms with Crippen LogP contribution < -0.4 is 5.32 Å². The fraction of sp³-hybridized carbons (Fsp3) is 0.294. The quantitative estimate of drug-likeness (QED) is 0.642. The first-order valence-electron chi connectivity index (χ1n) is 7.80. The van der Waals surface area contributed by atoms with Gasteiger partial charge in [-0.05, 0) is 18.2 Å². The van der Waals surface area contributed by atoms with Crippen molar-refractivity contribution in [3.05, 3.63) is 41.0 Å². The Kier molecular flexibility index (Phi) is 5.33. The Morgan fingerprint density at radius 1 is 1.27 bits per heavy atom. The van der Waals surface area contributed by atoms with E-state index in [4.69, 9.17) is 20.5 Å². The molecule has 1 aromatic carbocycles. The summed E-state index contributed by atoms with van der Waals surface area (Å²) in [5.74, 6) is 0.503. The molecule has 3 aromatic rings. The first-order valence-corrected chi connectivity index (χ1v) is 9.17. The number of nitrogens with zero attached hydrogens (tertiary/aromatic N) is 3. The number of amides is 1. The summed E-state index contributed by atoms with van der Waals surface area (Å²) in [6.07, 6.45) is 0. The Morgan fingerprint density at radius 2 is 2.08 bits per heavy atom. The Hall–Kier alpha value is -2.32. The number of hydrogen-bond donors (Lipinski definition) is 1. The van der Waals surface area contributed by atoms with Crippen molar-refractivity contribution in [2.24, 2.45) is 0 Å². The van der Waals surface area contributed by atoms with Gasteiger partial charge in [0.15, 0.2) is 0 Å². The van der Waals surface area contributed by atoms with Crippen molar-refractivity contribution >= 4 is 35.2 Å². The third kappa shape index (κ3) is 4.64. The van der Waals surface area contributed by atoms with Gasteiger partial charge in [0.05, 0.1) is 11.4 Å². The number of carbonyl (C=O) groups excluding carboxylic acids is 1. The molecule has 2 heterocycles. The molecule has 1 N–H and O–H groups in total. The van der Waals surface area contributed by atoms with Crippen molar-refractivity contribution in [2.75, 3.05) is 11.1 Å². The molecule has 0 unspecified atom stereocenters. The van der Waals surface area contributed by atoms with Gasteiger partial charge in [0.1, 0.15) is 0 Å². The molecule has 0 aliphatic rings. The highest BCUT2D eigenvalue weighted by Crippen LogP contribution is 2.26. The maximum atomic E-state index is 12.0. The Bertz CT molecular complexity index is 917. The molecule has 9 heteroatoms. The summed E-state index contributed by atoms with van der Waals surface area (Å²) in [5.41, 5.74) is 1.34. The normalized spacial score (nSPS) is 11.5. The van der Waals surface area contributed by atoms with Gasteiger partial charge in [0, 0.05) is 22.1 Å². The summed E-state index contributed by atoms with van der Waals surface area (Å²) in [4.78, 5) is 12.0. The number of halogens is 1. The molecular formula is C17H17ClN4O3S. The number of anilines is 1. The third-order valence-electron chi connectivity index (χ3n) is 3.35. The van der Waals surface area contributed by atoms with E-state index in [1.54, 1.807) is 24.3 Å². The summed E-state index contributed by atoms with van der Waals surface area (Å²) in [6.45, 7) is 6.04. The highest BCUT2D eigenvalue weighted by Gasteiger charge is 2.20. The van der Waals surface area contributed by atoms with E-state index in [0.29, 0.717) is 22.0 Å². The highest BCUT2D eigenvalue weighted by molar-refractivity contribution is 7.99. The number of benzene rings is 1. The number of thioether (sulfide) groups is 1. The molecular weight excluding hydrogens is 376 g/mol. The lowest BCUT2D eigenvalue weighted by molar-refractivity contribution is -0.113. The van der Waals surface area contributed by atoms with Gasteiger partial charge < -0.3 is 8.94 Å². The van der Waals surface area contributed by atoms with Crippen molar-refractivity contribution in [3.8, 4) is 11.5 Å². The van der Waals surface area contributed by atoms with Crippen molar-refractivity contribution in [1.82, 2.24) is 15.4 Å². The molecule has 0 saturated heterocycles. The lowest BCUT2D eigenvalue weighted by Gasteiger charge is -2.12. The molecule has 7 nitrogen and oxygen atoms in total. The smallest absolute Gasteiger partial charge is 0.277 e. The lowest BCUT2D eigenvalue weighted by atomic mass is 9.92. The maximum Gasteiger partial charge on any atom is 0.277 e. The third-order valence-corrected chi connectivity index (χ3v) is 4.40. The van der Waals surface area contributed by atoms with Gasteiger partial charge in [-0.15, -0.1) is 10.2 Å². The van der Waals surface area contributed by atoms with Crippen molar-refractivity contribution in [3.63, 3.8) is 0 Å². The van der Waals surface area contributed by atoms with Gasteiger partial charge in [0.25, 0.3) is 5.22 Å². The molecule has 1 amide bonds. The number of carbonyl (C=O) groups is 1. The molecule has 26 heavy (non-hydrogen) atoms. The second-order valence-electron chi connectivity index (χ2n) is 6.55. The lowest BCUT2D eigenvalue weighted by Crippen LogP contribution is -2.14. The monoisotopic (exact) mass is 392 g/mol. The zero-order chi connectivity index (χ0) is 18.7. The number of rotatable bonds is 5. The Morgan fingerprint density at radius 3 is 2.77 bits per heavy atom. The summed E-state index contributed by atoms with van der Waals surface area (Å²) < 4.78 is 10.7. The topological polar surface area (TPSA) is 94.1 Å².